The van der Waals surface area contributed by atoms with Crippen LogP contribution in [0.2, 0.25) is 5.02 Å². The van der Waals surface area contributed by atoms with Gasteiger partial charge in [0, 0.05) is 34.2 Å². The maximum Gasteiger partial charge on any atom is 0.311 e. The molecule has 1 saturated heterocycles. The minimum absolute atomic E-state index is 0.0669. The number of hydrogen-bond acceptors (Lipinski definition) is 7. The van der Waals surface area contributed by atoms with E-state index in [0.29, 0.717) is 5.69 Å². The molecule has 1 aliphatic rings. The Morgan fingerprint density at radius 3 is 2.72 bits per heavy atom. The minimum Gasteiger partial charge on any atom is -0.469 e. The summed E-state index contributed by atoms with van der Waals surface area (Å²) in [5.41, 5.74) is 1.63. The Morgan fingerprint density at radius 1 is 1.28 bits per heavy atom. The summed E-state index contributed by atoms with van der Waals surface area (Å²) in [6.07, 6.45) is 1.88. The van der Waals surface area contributed by atoms with Crippen LogP contribution in [0.25, 0.3) is 10.4 Å². The van der Waals surface area contributed by atoms with Crippen LogP contribution >= 0.6 is 22.9 Å². The van der Waals surface area contributed by atoms with E-state index in [2.05, 4.69) is 19.8 Å². The fraction of sp³-hybridized carbons (Fsp3) is 0.261. The lowest BCUT2D eigenvalue weighted by atomic mass is 10.1. The molecule has 0 saturated carbocycles. The number of nitrogens with zero attached hydrogens (tertiary/aromatic N) is 2. The maximum absolute atomic E-state index is 13.4. The third-order valence-corrected chi connectivity index (χ3v) is 8.82. The standard InChI is InChI=1S/C23H22ClFN4O5S2/c1-29-19(23(31)27-15-5-6-17(25)16(24)9-15)11-18(28-36(29,32)33)21-8-7-20(35-21)13-3-4-14(26-12-13)10-22(30)34-2/h3-9,12,18-19,28H,10-11H2,1-2H3,(H,27,31). The molecule has 2 aromatic heterocycles. The molecule has 190 valence electrons. The van der Waals surface area contributed by atoms with Crippen molar-refractivity contribution >= 4 is 50.7 Å². The van der Waals surface area contributed by atoms with Crippen molar-refractivity contribution in [1.29, 1.82) is 0 Å². The van der Waals surface area contributed by atoms with Gasteiger partial charge in [0.25, 0.3) is 10.2 Å². The number of ether oxygens (including phenoxy) is 1. The molecule has 4 rings (SSSR count). The number of hydrogen-bond donors (Lipinski definition) is 2. The van der Waals surface area contributed by atoms with Crippen LogP contribution in [0.5, 0.6) is 0 Å². The van der Waals surface area contributed by atoms with Crippen LogP contribution in [0, 0.1) is 5.82 Å². The molecule has 1 aromatic carbocycles. The molecule has 2 N–H and O–H groups in total. The SMILES string of the molecule is COC(=O)Cc1ccc(-c2ccc(C3CC(C(=O)Nc4ccc(F)c(Cl)c4)N(C)S(=O)(=O)N3)s2)cn1. The van der Waals surface area contributed by atoms with Gasteiger partial charge in [0.2, 0.25) is 5.91 Å². The largest absolute Gasteiger partial charge is 0.469 e. The maximum atomic E-state index is 13.4. The second-order valence-electron chi connectivity index (χ2n) is 8.05. The molecule has 13 heteroatoms. The Bertz CT molecular complexity index is 1400. The monoisotopic (exact) mass is 552 g/mol. The van der Waals surface area contributed by atoms with Crippen molar-refractivity contribution in [3.05, 3.63) is 70.1 Å². The lowest BCUT2D eigenvalue weighted by Gasteiger charge is -2.35. The van der Waals surface area contributed by atoms with E-state index in [1.807, 2.05) is 12.1 Å². The van der Waals surface area contributed by atoms with Gasteiger partial charge in [0.15, 0.2) is 0 Å². The second-order valence-corrected chi connectivity index (χ2v) is 11.3. The Kier molecular flexibility index (Phi) is 7.71. The molecule has 0 bridgehead atoms. The summed E-state index contributed by atoms with van der Waals surface area (Å²) >= 11 is 7.16. The van der Waals surface area contributed by atoms with Crippen LogP contribution in [0.3, 0.4) is 0 Å². The van der Waals surface area contributed by atoms with E-state index < -0.39 is 34.0 Å². The Hall–Kier alpha value is -2.90. The van der Waals surface area contributed by atoms with E-state index in [0.717, 1.165) is 25.7 Å². The van der Waals surface area contributed by atoms with Crippen LogP contribution in [-0.4, -0.2) is 49.8 Å². The Morgan fingerprint density at radius 2 is 2.06 bits per heavy atom. The number of halogens is 2. The van der Waals surface area contributed by atoms with Gasteiger partial charge >= 0.3 is 5.97 Å². The number of rotatable bonds is 6. The highest BCUT2D eigenvalue weighted by molar-refractivity contribution is 7.87. The van der Waals surface area contributed by atoms with Gasteiger partial charge in [-0.1, -0.05) is 17.7 Å². The fourth-order valence-corrected chi connectivity index (χ4v) is 6.27. The number of thiophene rings is 1. The zero-order valence-electron chi connectivity index (χ0n) is 19.2. The van der Waals surface area contributed by atoms with E-state index >= 15 is 0 Å². The van der Waals surface area contributed by atoms with Crippen LogP contribution in [0.4, 0.5) is 10.1 Å². The molecule has 0 radical (unpaired) electrons. The van der Waals surface area contributed by atoms with Gasteiger partial charge in [-0.25, -0.2) is 4.39 Å². The molecule has 1 aliphatic heterocycles. The average Bonchev–Trinajstić information content (AvgIpc) is 3.33. The zero-order chi connectivity index (χ0) is 26.0. The van der Waals surface area contributed by atoms with Crippen molar-refractivity contribution in [1.82, 2.24) is 14.0 Å². The van der Waals surface area contributed by atoms with E-state index in [9.17, 15) is 22.4 Å². The smallest absolute Gasteiger partial charge is 0.311 e. The molecule has 2 unspecified atom stereocenters. The third-order valence-electron chi connectivity index (χ3n) is 5.69. The summed E-state index contributed by atoms with van der Waals surface area (Å²) in [6, 6.07) is 9.29. The number of carbonyl (C=O) groups excluding carboxylic acids is 2. The van der Waals surface area contributed by atoms with Gasteiger partial charge in [0.05, 0.1) is 30.3 Å². The highest BCUT2D eigenvalue weighted by Crippen LogP contribution is 2.36. The van der Waals surface area contributed by atoms with Gasteiger partial charge in [-0.2, -0.15) is 17.4 Å². The summed E-state index contributed by atoms with van der Waals surface area (Å²) in [5.74, 6) is -1.57. The summed E-state index contributed by atoms with van der Waals surface area (Å²) < 4.78 is 47.2. The molecule has 9 nitrogen and oxygen atoms in total. The first-order valence-corrected chi connectivity index (χ1v) is 13.3. The minimum atomic E-state index is -3.95. The van der Waals surface area contributed by atoms with E-state index in [-0.39, 0.29) is 29.5 Å². The van der Waals surface area contributed by atoms with Crippen LogP contribution in [0.1, 0.15) is 23.0 Å². The first-order valence-electron chi connectivity index (χ1n) is 10.7. The lowest BCUT2D eigenvalue weighted by molar-refractivity contribution is -0.139. The van der Waals surface area contributed by atoms with Crippen molar-refractivity contribution in [2.75, 3.05) is 19.5 Å². The molecule has 3 aromatic rings. The third kappa shape index (κ3) is 5.73. The van der Waals surface area contributed by atoms with Crippen molar-refractivity contribution in [3.8, 4) is 10.4 Å². The number of likely N-dealkylation sites (N-methyl/N-ethyl adjacent to an activating group) is 1. The molecular formula is C23H22ClFN4O5S2. The number of amides is 1. The molecule has 0 spiro atoms. The van der Waals surface area contributed by atoms with Crippen molar-refractivity contribution in [2.24, 2.45) is 0 Å². The fourth-order valence-electron chi connectivity index (χ4n) is 3.69. The molecule has 36 heavy (non-hydrogen) atoms. The van der Waals surface area contributed by atoms with Crippen molar-refractivity contribution in [2.45, 2.75) is 24.9 Å². The summed E-state index contributed by atoms with van der Waals surface area (Å²) in [5, 5.41) is 2.46. The summed E-state index contributed by atoms with van der Waals surface area (Å²) in [7, 11) is -1.31. The van der Waals surface area contributed by atoms with E-state index in [1.165, 1.54) is 37.6 Å². The number of nitrogens with one attached hydrogen (secondary N) is 2. The van der Waals surface area contributed by atoms with Crippen LogP contribution < -0.4 is 10.0 Å². The average molecular weight is 553 g/mol. The van der Waals surface area contributed by atoms with Crippen molar-refractivity contribution < 1.29 is 27.1 Å². The quantitative estimate of drug-likeness (QED) is 0.452. The van der Waals surface area contributed by atoms with Gasteiger partial charge in [0.1, 0.15) is 11.9 Å². The van der Waals surface area contributed by atoms with Crippen molar-refractivity contribution in [3.63, 3.8) is 0 Å². The Labute approximate surface area is 216 Å². The molecule has 1 amide bonds. The normalized spacial score (nSPS) is 19.6. The number of esters is 1. The highest BCUT2D eigenvalue weighted by atomic mass is 35.5. The predicted molar refractivity (Wildman–Crippen MR) is 134 cm³/mol. The number of aromatic nitrogens is 1. The topological polar surface area (TPSA) is 118 Å². The molecule has 1 fully saturated rings. The van der Waals surface area contributed by atoms with Crippen LogP contribution in [-0.2, 0) is 31.0 Å². The zero-order valence-corrected chi connectivity index (χ0v) is 21.6. The number of pyridine rings is 1. The predicted octanol–water partition coefficient (Wildman–Crippen LogP) is 3.54. The first-order chi connectivity index (χ1) is 17.1. The molecular weight excluding hydrogens is 531 g/mol. The van der Waals surface area contributed by atoms with Gasteiger partial charge < -0.3 is 10.1 Å². The molecule has 2 atom stereocenters. The Balaban J connectivity index is 1.52. The molecule has 0 aliphatic carbocycles. The lowest BCUT2D eigenvalue weighted by Crippen LogP contribution is -2.55. The van der Waals surface area contributed by atoms with Gasteiger partial charge in [-0.05, 0) is 42.8 Å². The molecule has 3 heterocycles. The second kappa shape index (κ2) is 10.6. The number of benzene rings is 1. The number of carbonyl (C=O) groups is 2. The summed E-state index contributed by atoms with van der Waals surface area (Å²) in [4.78, 5) is 30.3. The number of methoxy groups -OCH3 is 1. The van der Waals surface area contributed by atoms with Gasteiger partial charge in [-0.15, -0.1) is 11.3 Å². The summed E-state index contributed by atoms with van der Waals surface area (Å²) in [6.45, 7) is 0. The van der Waals surface area contributed by atoms with E-state index in [1.54, 1.807) is 18.3 Å². The number of anilines is 1. The van der Waals surface area contributed by atoms with Gasteiger partial charge in [-0.3, -0.25) is 14.6 Å². The first kappa shape index (κ1) is 26.2. The highest BCUT2D eigenvalue weighted by Gasteiger charge is 2.41. The van der Waals surface area contributed by atoms with E-state index in [4.69, 9.17) is 11.6 Å². The van der Waals surface area contributed by atoms with Crippen LogP contribution in [0.15, 0.2) is 48.7 Å².